The lowest BCUT2D eigenvalue weighted by molar-refractivity contribution is 0.209. The Balaban J connectivity index is 1.93. The van der Waals surface area contributed by atoms with Crippen LogP contribution in [0.5, 0.6) is 0 Å². The maximum Gasteiger partial charge on any atom is 0.321 e. The molecule has 5 heteroatoms. The summed E-state index contributed by atoms with van der Waals surface area (Å²) in [6.45, 7) is 1.40. The largest absolute Gasteiger partial charge is 0.396 e. The van der Waals surface area contributed by atoms with Crippen molar-refractivity contribution in [2.75, 3.05) is 25.0 Å². The molecule has 1 fully saturated rings. The number of carbonyl (C=O) groups excluding carboxylic acids is 1. The molecule has 1 atom stereocenters. The minimum atomic E-state index is -0.157. The first-order valence-electron chi connectivity index (χ1n) is 5.90. The van der Waals surface area contributed by atoms with Gasteiger partial charge in [0.05, 0.1) is 11.6 Å². The molecule has 0 aromatic heterocycles. The summed E-state index contributed by atoms with van der Waals surface area (Å²) in [5.41, 5.74) is 1.24. The molecule has 2 amide bonds. The van der Waals surface area contributed by atoms with Crippen molar-refractivity contribution < 1.29 is 9.90 Å². The number of amides is 2. The van der Waals surface area contributed by atoms with Crippen molar-refractivity contribution in [2.45, 2.75) is 6.42 Å². The fraction of sp³-hybridized carbons (Fsp3) is 0.385. The number of anilines is 1. The van der Waals surface area contributed by atoms with Gasteiger partial charge in [-0.3, -0.25) is 0 Å². The van der Waals surface area contributed by atoms with Crippen LogP contribution in [0.3, 0.4) is 0 Å². The van der Waals surface area contributed by atoms with Gasteiger partial charge in [-0.25, -0.2) is 4.79 Å². The lowest BCUT2D eigenvalue weighted by Gasteiger charge is -2.17. The van der Waals surface area contributed by atoms with Crippen LogP contribution in [0.15, 0.2) is 24.3 Å². The van der Waals surface area contributed by atoms with Crippen molar-refractivity contribution >= 4 is 11.7 Å². The molecule has 1 aliphatic heterocycles. The molecular weight excluding hydrogens is 230 g/mol. The van der Waals surface area contributed by atoms with Gasteiger partial charge in [-0.05, 0) is 30.7 Å². The fourth-order valence-corrected chi connectivity index (χ4v) is 2.00. The number of likely N-dealkylation sites (tertiary alicyclic amines) is 1. The van der Waals surface area contributed by atoms with Gasteiger partial charge >= 0.3 is 6.03 Å². The van der Waals surface area contributed by atoms with E-state index in [0.29, 0.717) is 24.3 Å². The molecule has 0 aliphatic carbocycles. The second-order valence-electron chi connectivity index (χ2n) is 4.40. The zero-order valence-corrected chi connectivity index (χ0v) is 9.97. The van der Waals surface area contributed by atoms with E-state index in [4.69, 9.17) is 10.4 Å². The zero-order chi connectivity index (χ0) is 13.0. The lowest BCUT2D eigenvalue weighted by atomic mass is 10.1. The smallest absolute Gasteiger partial charge is 0.321 e. The van der Waals surface area contributed by atoms with Gasteiger partial charge in [0.1, 0.15) is 0 Å². The van der Waals surface area contributed by atoms with Gasteiger partial charge < -0.3 is 15.3 Å². The summed E-state index contributed by atoms with van der Waals surface area (Å²) in [6.07, 6.45) is 0.845. The van der Waals surface area contributed by atoms with E-state index in [0.717, 1.165) is 6.42 Å². The zero-order valence-electron chi connectivity index (χ0n) is 9.97. The molecule has 2 N–H and O–H groups in total. The number of nitrogens with zero attached hydrogens (tertiary/aromatic N) is 2. The van der Waals surface area contributed by atoms with Gasteiger partial charge in [0.25, 0.3) is 0 Å². The molecule has 0 saturated carbocycles. The van der Waals surface area contributed by atoms with E-state index in [1.54, 1.807) is 29.2 Å². The highest BCUT2D eigenvalue weighted by Gasteiger charge is 2.25. The Morgan fingerprint density at radius 1 is 1.50 bits per heavy atom. The molecule has 1 unspecified atom stereocenters. The van der Waals surface area contributed by atoms with Crippen LogP contribution < -0.4 is 5.32 Å². The molecule has 0 bridgehead atoms. The van der Waals surface area contributed by atoms with Crippen LogP contribution in [-0.4, -0.2) is 35.7 Å². The van der Waals surface area contributed by atoms with Gasteiger partial charge in [-0.1, -0.05) is 0 Å². The number of benzene rings is 1. The van der Waals surface area contributed by atoms with Crippen molar-refractivity contribution in [1.29, 1.82) is 5.26 Å². The Kier molecular flexibility index (Phi) is 3.80. The van der Waals surface area contributed by atoms with E-state index in [-0.39, 0.29) is 18.6 Å². The molecule has 18 heavy (non-hydrogen) atoms. The van der Waals surface area contributed by atoms with E-state index >= 15 is 0 Å². The highest BCUT2D eigenvalue weighted by molar-refractivity contribution is 5.89. The predicted molar refractivity (Wildman–Crippen MR) is 66.9 cm³/mol. The molecular formula is C13H15N3O2. The van der Waals surface area contributed by atoms with Gasteiger partial charge in [0.2, 0.25) is 0 Å². The van der Waals surface area contributed by atoms with Gasteiger partial charge in [0, 0.05) is 31.3 Å². The van der Waals surface area contributed by atoms with E-state index in [1.807, 2.05) is 6.07 Å². The summed E-state index contributed by atoms with van der Waals surface area (Å²) in [6, 6.07) is 8.60. The maximum absolute atomic E-state index is 11.9. The predicted octanol–water partition coefficient (Wildman–Crippen LogP) is 1.40. The average molecular weight is 245 g/mol. The van der Waals surface area contributed by atoms with E-state index in [1.165, 1.54) is 0 Å². The molecule has 5 nitrogen and oxygen atoms in total. The second-order valence-corrected chi connectivity index (χ2v) is 4.40. The van der Waals surface area contributed by atoms with Crippen LogP contribution in [-0.2, 0) is 0 Å². The fourth-order valence-electron chi connectivity index (χ4n) is 2.00. The summed E-state index contributed by atoms with van der Waals surface area (Å²) in [4.78, 5) is 13.6. The summed E-state index contributed by atoms with van der Waals surface area (Å²) >= 11 is 0. The number of hydrogen-bond acceptors (Lipinski definition) is 3. The molecule has 1 saturated heterocycles. The Bertz CT molecular complexity index is 464. The number of carbonyl (C=O) groups is 1. The summed E-state index contributed by atoms with van der Waals surface area (Å²) in [5, 5.41) is 20.5. The Morgan fingerprint density at radius 3 is 2.78 bits per heavy atom. The van der Waals surface area contributed by atoms with Gasteiger partial charge in [-0.15, -0.1) is 0 Å². The third-order valence-corrected chi connectivity index (χ3v) is 3.10. The number of rotatable bonds is 2. The maximum atomic E-state index is 11.9. The average Bonchev–Trinajstić information content (AvgIpc) is 2.88. The van der Waals surface area contributed by atoms with E-state index in [9.17, 15) is 4.79 Å². The molecule has 2 rings (SSSR count). The third kappa shape index (κ3) is 2.79. The standard InChI is InChI=1S/C13H15N3O2/c14-7-10-1-3-12(4-2-10)15-13(18)16-6-5-11(8-16)9-17/h1-4,11,17H,5-6,8-9H2,(H,15,18). The first kappa shape index (κ1) is 12.4. The molecule has 94 valence electrons. The van der Waals surface area contributed by atoms with Crippen LogP contribution in [0.25, 0.3) is 0 Å². The number of nitriles is 1. The normalized spacial score (nSPS) is 18.4. The number of urea groups is 1. The molecule has 1 aromatic carbocycles. The quantitative estimate of drug-likeness (QED) is 0.827. The van der Waals surface area contributed by atoms with Gasteiger partial charge in [0.15, 0.2) is 0 Å². The Morgan fingerprint density at radius 2 is 2.22 bits per heavy atom. The van der Waals surface area contributed by atoms with Crippen molar-refractivity contribution in [1.82, 2.24) is 4.90 Å². The summed E-state index contributed by atoms with van der Waals surface area (Å²) in [5.74, 6) is 0.191. The Hall–Kier alpha value is -2.06. The van der Waals surface area contributed by atoms with Crippen LogP contribution in [0, 0.1) is 17.2 Å². The molecule has 1 aromatic rings. The molecule has 0 radical (unpaired) electrons. The Labute approximate surface area is 106 Å². The lowest BCUT2D eigenvalue weighted by Crippen LogP contribution is -2.33. The van der Waals surface area contributed by atoms with Crippen molar-refractivity contribution in [2.24, 2.45) is 5.92 Å². The van der Waals surface area contributed by atoms with Crippen LogP contribution in [0.1, 0.15) is 12.0 Å². The van der Waals surface area contributed by atoms with E-state index < -0.39 is 0 Å². The number of hydrogen-bond donors (Lipinski definition) is 2. The number of aliphatic hydroxyl groups excluding tert-OH is 1. The minimum absolute atomic E-state index is 0.126. The SMILES string of the molecule is N#Cc1ccc(NC(=O)N2CCC(CO)C2)cc1. The molecule has 1 heterocycles. The summed E-state index contributed by atoms with van der Waals surface area (Å²) in [7, 11) is 0. The third-order valence-electron chi connectivity index (χ3n) is 3.10. The van der Waals surface area contributed by atoms with Crippen molar-refractivity contribution in [3.8, 4) is 6.07 Å². The van der Waals surface area contributed by atoms with Crippen LogP contribution in [0.4, 0.5) is 10.5 Å². The molecule has 0 spiro atoms. The van der Waals surface area contributed by atoms with Crippen molar-refractivity contribution in [3.63, 3.8) is 0 Å². The van der Waals surface area contributed by atoms with Crippen LogP contribution >= 0.6 is 0 Å². The van der Waals surface area contributed by atoms with Crippen LogP contribution in [0.2, 0.25) is 0 Å². The van der Waals surface area contributed by atoms with E-state index in [2.05, 4.69) is 5.32 Å². The second kappa shape index (κ2) is 5.52. The number of nitrogens with one attached hydrogen (secondary N) is 1. The highest BCUT2D eigenvalue weighted by Crippen LogP contribution is 2.17. The number of aliphatic hydroxyl groups is 1. The van der Waals surface area contributed by atoms with Gasteiger partial charge in [-0.2, -0.15) is 5.26 Å². The topological polar surface area (TPSA) is 76.4 Å². The molecule has 1 aliphatic rings. The first-order valence-corrected chi connectivity index (χ1v) is 5.90. The summed E-state index contributed by atoms with van der Waals surface area (Å²) < 4.78 is 0. The monoisotopic (exact) mass is 245 g/mol. The minimum Gasteiger partial charge on any atom is -0.396 e. The first-order chi connectivity index (χ1) is 8.72. The highest BCUT2D eigenvalue weighted by atomic mass is 16.3. The van der Waals surface area contributed by atoms with Crippen molar-refractivity contribution in [3.05, 3.63) is 29.8 Å².